The first-order chi connectivity index (χ1) is 11.6. The largest absolute Gasteiger partial charge is 0.346 e. The van der Waals surface area contributed by atoms with Gasteiger partial charge in [0.05, 0.1) is 17.8 Å². The van der Waals surface area contributed by atoms with E-state index in [4.69, 9.17) is 0 Å². The number of aromatic nitrogens is 2. The van der Waals surface area contributed by atoms with Crippen molar-refractivity contribution in [2.24, 2.45) is 0 Å². The lowest BCUT2D eigenvalue weighted by atomic mass is 10.1. The van der Waals surface area contributed by atoms with E-state index in [1.54, 1.807) is 10.9 Å². The van der Waals surface area contributed by atoms with E-state index in [0.717, 1.165) is 23.0 Å². The summed E-state index contributed by atoms with van der Waals surface area (Å²) in [6.07, 6.45) is 1.79. The van der Waals surface area contributed by atoms with Crippen molar-refractivity contribution < 1.29 is 4.79 Å². The predicted octanol–water partition coefficient (Wildman–Crippen LogP) is 2.46. The van der Waals surface area contributed by atoms with Gasteiger partial charge < -0.3 is 10.2 Å². The zero-order valence-corrected chi connectivity index (χ0v) is 14.0. The maximum Gasteiger partial charge on any atom is 0.242 e. The molecule has 3 rings (SSSR count). The highest BCUT2D eigenvalue weighted by Crippen LogP contribution is 2.15. The summed E-state index contributed by atoms with van der Waals surface area (Å²) in [5.41, 5.74) is 2.07. The molecule has 5 nitrogen and oxygen atoms in total. The molecule has 0 aliphatic rings. The summed E-state index contributed by atoms with van der Waals surface area (Å²) in [6.45, 7) is 0.958. The first-order valence-electron chi connectivity index (χ1n) is 8.03. The third-order valence-corrected chi connectivity index (χ3v) is 3.93. The Kier molecular flexibility index (Phi) is 4.91. The van der Waals surface area contributed by atoms with Crippen LogP contribution in [0.4, 0.5) is 0 Å². The summed E-state index contributed by atoms with van der Waals surface area (Å²) in [6, 6.07) is 17.9. The van der Waals surface area contributed by atoms with Crippen LogP contribution in [0.5, 0.6) is 0 Å². The van der Waals surface area contributed by atoms with Crippen molar-refractivity contribution in [3.63, 3.8) is 0 Å². The van der Waals surface area contributed by atoms with Crippen molar-refractivity contribution in [2.45, 2.75) is 12.6 Å². The number of hydrogen-bond acceptors (Lipinski definition) is 3. The van der Waals surface area contributed by atoms with Gasteiger partial charge in [-0.25, -0.2) is 0 Å². The Balaban J connectivity index is 1.73. The number of carbonyl (C=O) groups is 1. The van der Waals surface area contributed by atoms with E-state index in [-0.39, 0.29) is 18.5 Å². The van der Waals surface area contributed by atoms with Gasteiger partial charge in [-0.1, -0.05) is 48.5 Å². The molecular weight excluding hydrogens is 300 g/mol. The van der Waals surface area contributed by atoms with Gasteiger partial charge in [-0.15, -0.1) is 0 Å². The van der Waals surface area contributed by atoms with Gasteiger partial charge in [0.25, 0.3) is 0 Å². The zero-order valence-electron chi connectivity index (χ0n) is 14.0. The third-order valence-electron chi connectivity index (χ3n) is 3.93. The Morgan fingerprint density at radius 3 is 2.58 bits per heavy atom. The number of para-hydroxylation sites is 1. The second-order valence-corrected chi connectivity index (χ2v) is 6.15. The molecule has 0 saturated heterocycles. The monoisotopic (exact) mass is 322 g/mol. The second-order valence-electron chi connectivity index (χ2n) is 6.15. The summed E-state index contributed by atoms with van der Waals surface area (Å²) in [5, 5.41) is 8.49. The van der Waals surface area contributed by atoms with Crippen molar-refractivity contribution in [2.75, 3.05) is 20.6 Å². The Morgan fingerprint density at radius 1 is 1.12 bits per heavy atom. The van der Waals surface area contributed by atoms with E-state index < -0.39 is 0 Å². The van der Waals surface area contributed by atoms with Crippen LogP contribution in [-0.4, -0.2) is 41.2 Å². The van der Waals surface area contributed by atoms with Gasteiger partial charge in [0, 0.05) is 11.9 Å². The van der Waals surface area contributed by atoms with Gasteiger partial charge in [0.2, 0.25) is 5.91 Å². The molecule has 1 amide bonds. The molecule has 0 spiro atoms. The smallest absolute Gasteiger partial charge is 0.242 e. The van der Waals surface area contributed by atoms with E-state index in [1.165, 1.54) is 0 Å². The molecule has 0 aliphatic carbocycles. The molecule has 24 heavy (non-hydrogen) atoms. The standard InChI is InChI=1S/C19H22N4O/c1-22(2)13-17(15-8-4-3-5-9-15)21-19(24)14-23-18-11-7-6-10-16(18)12-20-23/h3-12,17H,13-14H2,1-2H3,(H,21,24). The lowest BCUT2D eigenvalue weighted by Gasteiger charge is -2.23. The molecule has 1 aromatic heterocycles. The SMILES string of the molecule is CN(C)CC(NC(=O)Cn1ncc2ccccc21)c1ccccc1. The highest BCUT2D eigenvalue weighted by atomic mass is 16.2. The summed E-state index contributed by atoms with van der Waals surface area (Å²) in [7, 11) is 4.01. The molecule has 5 heteroatoms. The quantitative estimate of drug-likeness (QED) is 0.758. The van der Waals surface area contributed by atoms with E-state index in [0.29, 0.717) is 0 Å². The Hall–Kier alpha value is -2.66. The van der Waals surface area contributed by atoms with E-state index in [9.17, 15) is 4.79 Å². The fraction of sp³-hybridized carbons (Fsp3) is 0.263. The fourth-order valence-corrected chi connectivity index (χ4v) is 2.81. The van der Waals surface area contributed by atoms with Crippen LogP contribution in [-0.2, 0) is 11.3 Å². The number of nitrogens with one attached hydrogen (secondary N) is 1. The van der Waals surface area contributed by atoms with Crippen molar-refractivity contribution in [1.29, 1.82) is 0 Å². The lowest BCUT2D eigenvalue weighted by Crippen LogP contribution is -2.37. The van der Waals surface area contributed by atoms with Crippen LogP contribution in [0.25, 0.3) is 10.9 Å². The summed E-state index contributed by atoms with van der Waals surface area (Å²) < 4.78 is 1.74. The zero-order chi connectivity index (χ0) is 16.9. The predicted molar refractivity (Wildman–Crippen MR) is 95.6 cm³/mol. The first kappa shape index (κ1) is 16.2. The number of carbonyl (C=O) groups excluding carboxylic acids is 1. The number of hydrogen-bond donors (Lipinski definition) is 1. The molecule has 1 unspecified atom stereocenters. The van der Waals surface area contributed by atoms with E-state index >= 15 is 0 Å². The fourth-order valence-electron chi connectivity index (χ4n) is 2.81. The molecule has 124 valence electrons. The third kappa shape index (κ3) is 3.81. The molecule has 1 heterocycles. The van der Waals surface area contributed by atoms with Gasteiger partial charge >= 0.3 is 0 Å². The van der Waals surface area contributed by atoms with Crippen LogP contribution in [0, 0.1) is 0 Å². The molecular formula is C19H22N4O. The van der Waals surface area contributed by atoms with Crippen LogP contribution in [0.3, 0.4) is 0 Å². The van der Waals surface area contributed by atoms with Crippen LogP contribution >= 0.6 is 0 Å². The average Bonchev–Trinajstić information content (AvgIpc) is 2.98. The summed E-state index contributed by atoms with van der Waals surface area (Å²) >= 11 is 0. The van der Waals surface area contributed by atoms with Crippen molar-refractivity contribution in [3.05, 3.63) is 66.4 Å². The molecule has 0 aliphatic heterocycles. The molecule has 1 N–H and O–H groups in total. The minimum atomic E-state index is -0.0458. The van der Waals surface area contributed by atoms with E-state index in [1.807, 2.05) is 68.7 Å². The number of likely N-dealkylation sites (N-methyl/N-ethyl adjacent to an activating group) is 1. The molecule has 3 aromatic rings. The van der Waals surface area contributed by atoms with E-state index in [2.05, 4.69) is 15.3 Å². The van der Waals surface area contributed by atoms with Crippen molar-refractivity contribution >= 4 is 16.8 Å². The number of nitrogens with zero attached hydrogens (tertiary/aromatic N) is 3. The average molecular weight is 322 g/mol. The van der Waals surface area contributed by atoms with Gasteiger partial charge in [-0.3, -0.25) is 9.48 Å². The minimum absolute atomic E-state index is 0.0421. The number of rotatable bonds is 6. The maximum absolute atomic E-state index is 12.5. The van der Waals surface area contributed by atoms with Crippen LogP contribution < -0.4 is 5.32 Å². The Morgan fingerprint density at radius 2 is 1.83 bits per heavy atom. The molecule has 0 radical (unpaired) electrons. The highest BCUT2D eigenvalue weighted by molar-refractivity contribution is 5.82. The summed E-state index contributed by atoms with van der Waals surface area (Å²) in [4.78, 5) is 14.6. The minimum Gasteiger partial charge on any atom is -0.346 e. The lowest BCUT2D eigenvalue weighted by molar-refractivity contribution is -0.122. The molecule has 0 fully saturated rings. The molecule has 0 saturated carbocycles. The number of benzene rings is 2. The summed E-state index contributed by atoms with van der Waals surface area (Å²) in [5.74, 6) is -0.0421. The highest BCUT2D eigenvalue weighted by Gasteiger charge is 2.16. The maximum atomic E-state index is 12.5. The molecule has 2 aromatic carbocycles. The van der Waals surface area contributed by atoms with Crippen LogP contribution in [0.2, 0.25) is 0 Å². The second kappa shape index (κ2) is 7.27. The normalized spacial score (nSPS) is 12.5. The van der Waals surface area contributed by atoms with Crippen molar-refractivity contribution in [3.8, 4) is 0 Å². The molecule has 0 bridgehead atoms. The van der Waals surface area contributed by atoms with Crippen molar-refractivity contribution in [1.82, 2.24) is 20.0 Å². The van der Waals surface area contributed by atoms with Crippen LogP contribution in [0.1, 0.15) is 11.6 Å². The first-order valence-corrected chi connectivity index (χ1v) is 8.03. The van der Waals surface area contributed by atoms with Gasteiger partial charge in [-0.05, 0) is 25.7 Å². The van der Waals surface area contributed by atoms with Crippen LogP contribution in [0.15, 0.2) is 60.8 Å². The Labute approximate surface area is 141 Å². The van der Waals surface area contributed by atoms with Gasteiger partial charge in [0.15, 0.2) is 0 Å². The number of amides is 1. The topological polar surface area (TPSA) is 50.2 Å². The molecule has 1 atom stereocenters. The van der Waals surface area contributed by atoms with Gasteiger partial charge in [0.1, 0.15) is 6.54 Å². The van der Waals surface area contributed by atoms with Gasteiger partial charge in [-0.2, -0.15) is 5.10 Å². The Bertz CT molecular complexity index is 810. The number of fused-ring (bicyclic) bond motifs is 1.